The van der Waals surface area contributed by atoms with Crippen LogP contribution in [0, 0.1) is 27.7 Å². The molecule has 1 fully saturated rings. The number of carbonyl (C=O) groups excluding carboxylic acids is 1. The number of thiazole rings is 1. The first-order valence-electron chi connectivity index (χ1n) is 11.9. The summed E-state index contributed by atoms with van der Waals surface area (Å²) in [5, 5.41) is 9.54. The van der Waals surface area contributed by atoms with Crippen molar-refractivity contribution in [1.82, 2.24) is 29.8 Å². The smallest absolute Gasteiger partial charge is 0.265 e. The standard InChI is InChI=1S/C27H30N6OS/c1-18-10-11-23(16-19(18)2)33-21(4)24(29-30-33)26-28-20(3)25(35-26)27(34)32-14-12-31(13-15-32)17-22-8-6-5-7-9-22/h5-11,16H,12-15,17H2,1-4H3. The van der Waals surface area contributed by atoms with Crippen molar-refractivity contribution in [1.29, 1.82) is 0 Å². The molecule has 0 saturated carbocycles. The first-order valence-corrected chi connectivity index (χ1v) is 12.8. The second-order valence-electron chi connectivity index (χ2n) is 9.19. The molecule has 0 spiro atoms. The van der Waals surface area contributed by atoms with Crippen LogP contribution in [0.15, 0.2) is 48.5 Å². The van der Waals surface area contributed by atoms with E-state index in [-0.39, 0.29) is 5.91 Å². The number of carbonyl (C=O) groups is 1. The van der Waals surface area contributed by atoms with E-state index in [0.29, 0.717) is 4.88 Å². The molecule has 1 saturated heterocycles. The lowest BCUT2D eigenvalue weighted by molar-refractivity contribution is 0.0632. The highest BCUT2D eigenvalue weighted by molar-refractivity contribution is 7.17. The maximum atomic E-state index is 13.3. The van der Waals surface area contributed by atoms with Gasteiger partial charge in [-0.3, -0.25) is 9.69 Å². The van der Waals surface area contributed by atoms with Gasteiger partial charge in [-0.25, -0.2) is 9.67 Å². The molecule has 0 atom stereocenters. The summed E-state index contributed by atoms with van der Waals surface area (Å²) in [7, 11) is 0. The topological polar surface area (TPSA) is 67.2 Å². The van der Waals surface area contributed by atoms with Crippen molar-refractivity contribution >= 4 is 17.2 Å². The first-order chi connectivity index (χ1) is 16.9. The van der Waals surface area contributed by atoms with Crippen LogP contribution < -0.4 is 0 Å². The van der Waals surface area contributed by atoms with Gasteiger partial charge in [0.15, 0.2) is 0 Å². The van der Waals surface area contributed by atoms with Gasteiger partial charge in [0.25, 0.3) is 5.91 Å². The molecule has 0 aliphatic carbocycles. The van der Waals surface area contributed by atoms with Crippen LogP contribution in [-0.4, -0.2) is 61.9 Å². The molecule has 7 nitrogen and oxygen atoms in total. The van der Waals surface area contributed by atoms with E-state index in [4.69, 9.17) is 4.98 Å². The predicted octanol–water partition coefficient (Wildman–Crippen LogP) is 4.58. The molecular weight excluding hydrogens is 456 g/mol. The fraction of sp³-hybridized carbons (Fsp3) is 0.333. The number of piperazine rings is 1. The molecule has 1 aliphatic heterocycles. The van der Waals surface area contributed by atoms with Crippen LogP contribution >= 0.6 is 11.3 Å². The first kappa shape index (κ1) is 23.4. The highest BCUT2D eigenvalue weighted by Crippen LogP contribution is 2.30. The van der Waals surface area contributed by atoms with Gasteiger partial charge in [-0.2, -0.15) is 0 Å². The lowest BCUT2D eigenvalue weighted by atomic mass is 10.1. The Kier molecular flexibility index (Phi) is 6.49. The summed E-state index contributed by atoms with van der Waals surface area (Å²) in [6, 6.07) is 16.7. The van der Waals surface area contributed by atoms with Gasteiger partial charge in [0.2, 0.25) is 0 Å². The van der Waals surface area contributed by atoms with Crippen molar-refractivity contribution in [3.63, 3.8) is 0 Å². The average Bonchev–Trinajstić information content (AvgIpc) is 3.44. The third-order valence-corrected chi connectivity index (χ3v) is 7.88. The molecule has 2 aromatic heterocycles. The van der Waals surface area contributed by atoms with Crippen molar-refractivity contribution in [2.45, 2.75) is 34.2 Å². The van der Waals surface area contributed by atoms with Gasteiger partial charge in [0, 0.05) is 32.7 Å². The number of amides is 1. The van der Waals surface area contributed by atoms with Crippen LogP contribution in [0.25, 0.3) is 16.4 Å². The van der Waals surface area contributed by atoms with Crippen LogP contribution in [0.3, 0.4) is 0 Å². The van der Waals surface area contributed by atoms with Crippen molar-refractivity contribution < 1.29 is 4.79 Å². The highest BCUT2D eigenvalue weighted by atomic mass is 32.1. The van der Waals surface area contributed by atoms with E-state index in [0.717, 1.165) is 60.5 Å². The molecule has 8 heteroatoms. The van der Waals surface area contributed by atoms with Crippen molar-refractivity contribution in [3.8, 4) is 16.4 Å². The van der Waals surface area contributed by atoms with E-state index >= 15 is 0 Å². The Balaban J connectivity index is 1.30. The molecular formula is C27H30N6OS. The molecule has 2 aromatic carbocycles. The molecule has 0 bridgehead atoms. The van der Waals surface area contributed by atoms with E-state index in [1.165, 1.54) is 28.0 Å². The molecule has 4 aromatic rings. The molecule has 3 heterocycles. The zero-order valence-electron chi connectivity index (χ0n) is 20.7. The van der Waals surface area contributed by atoms with E-state index in [2.05, 4.69) is 65.5 Å². The average molecular weight is 487 g/mol. The van der Waals surface area contributed by atoms with E-state index in [1.54, 1.807) is 0 Å². The number of benzene rings is 2. The Labute approximate surface area is 210 Å². The molecule has 0 unspecified atom stereocenters. The zero-order chi connectivity index (χ0) is 24.5. The Morgan fingerprint density at radius 2 is 1.69 bits per heavy atom. The molecule has 180 valence electrons. The predicted molar refractivity (Wildman–Crippen MR) is 139 cm³/mol. The van der Waals surface area contributed by atoms with Crippen LogP contribution in [0.1, 0.15) is 37.7 Å². The minimum absolute atomic E-state index is 0.0600. The van der Waals surface area contributed by atoms with Crippen molar-refractivity contribution in [2.24, 2.45) is 0 Å². The van der Waals surface area contributed by atoms with Crippen LogP contribution in [0.5, 0.6) is 0 Å². The Hall–Kier alpha value is -3.36. The van der Waals surface area contributed by atoms with Gasteiger partial charge >= 0.3 is 0 Å². The Bertz CT molecular complexity index is 1350. The van der Waals surface area contributed by atoms with Crippen LogP contribution in [0.2, 0.25) is 0 Å². The van der Waals surface area contributed by atoms with Gasteiger partial charge in [0.05, 0.1) is 17.1 Å². The number of rotatable bonds is 5. The number of nitrogens with zero attached hydrogens (tertiary/aromatic N) is 6. The monoisotopic (exact) mass is 486 g/mol. The van der Waals surface area contributed by atoms with Crippen molar-refractivity contribution in [2.75, 3.05) is 26.2 Å². The third-order valence-electron chi connectivity index (χ3n) is 6.73. The summed E-state index contributed by atoms with van der Waals surface area (Å²) in [4.78, 5) is 23.1. The largest absolute Gasteiger partial charge is 0.335 e. The lowest BCUT2D eigenvalue weighted by Gasteiger charge is -2.34. The minimum Gasteiger partial charge on any atom is -0.335 e. The summed E-state index contributed by atoms with van der Waals surface area (Å²) < 4.78 is 1.84. The van der Waals surface area contributed by atoms with E-state index in [9.17, 15) is 4.79 Å². The Morgan fingerprint density at radius 3 is 2.40 bits per heavy atom. The number of aromatic nitrogens is 4. The molecule has 35 heavy (non-hydrogen) atoms. The molecule has 0 N–H and O–H groups in total. The SMILES string of the molecule is Cc1ccc(-n2nnc(-c3nc(C)c(C(=O)N4CCN(Cc5ccccc5)CC4)s3)c2C)cc1C. The summed E-state index contributed by atoms with van der Waals surface area (Å²) in [5.74, 6) is 0.0600. The fourth-order valence-corrected chi connectivity index (χ4v) is 5.49. The maximum absolute atomic E-state index is 13.3. The second kappa shape index (κ2) is 9.71. The quantitative estimate of drug-likeness (QED) is 0.413. The molecule has 1 aliphatic rings. The maximum Gasteiger partial charge on any atom is 0.265 e. The number of hydrogen-bond acceptors (Lipinski definition) is 6. The molecule has 0 radical (unpaired) electrons. The second-order valence-corrected chi connectivity index (χ2v) is 10.2. The summed E-state index contributed by atoms with van der Waals surface area (Å²) >= 11 is 1.41. The van der Waals surface area contributed by atoms with Crippen molar-refractivity contribution in [3.05, 3.63) is 81.5 Å². The fourth-order valence-electron chi connectivity index (χ4n) is 4.42. The lowest BCUT2D eigenvalue weighted by Crippen LogP contribution is -2.48. The van der Waals surface area contributed by atoms with E-state index < -0.39 is 0 Å². The van der Waals surface area contributed by atoms with Gasteiger partial charge in [-0.15, -0.1) is 16.4 Å². The molecule has 1 amide bonds. The zero-order valence-corrected chi connectivity index (χ0v) is 21.5. The minimum atomic E-state index is 0.0600. The number of aryl methyl sites for hydroxylation is 3. The summed E-state index contributed by atoms with van der Waals surface area (Å²) in [6.45, 7) is 12.2. The summed E-state index contributed by atoms with van der Waals surface area (Å²) in [6.07, 6.45) is 0. The molecule has 5 rings (SSSR count). The van der Waals surface area contributed by atoms with E-state index in [1.807, 2.05) is 35.6 Å². The number of hydrogen-bond donors (Lipinski definition) is 0. The Morgan fingerprint density at radius 1 is 0.943 bits per heavy atom. The third kappa shape index (κ3) is 4.76. The van der Waals surface area contributed by atoms with Gasteiger partial charge < -0.3 is 4.90 Å². The van der Waals surface area contributed by atoms with Gasteiger partial charge in [-0.1, -0.05) is 41.6 Å². The summed E-state index contributed by atoms with van der Waals surface area (Å²) in [5.41, 5.74) is 7.12. The van der Waals surface area contributed by atoms with Crippen LogP contribution in [0.4, 0.5) is 0 Å². The van der Waals surface area contributed by atoms with Crippen LogP contribution in [-0.2, 0) is 6.54 Å². The highest BCUT2D eigenvalue weighted by Gasteiger charge is 2.27. The van der Waals surface area contributed by atoms with Gasteiger partial charge in [-0.05, 0) is 56.5 Å². The van der Waals surface area contributed by atoms with Gasteiger partial charge in [0.1, 0.15) is 15.6 Å². The normalized spacial score (nSPS) is 14.5.